The number of aliphatic carboxylic acids is 1. The topological polar surface area (TPSA) is 62.5 Å². The molecule has 0 aliphatic heterocycles. The van der Waals surface area contributed by atoms with E-state index in [9.17, 15) is 4.79 Å². The quantitative estimate of drug-likeness (QED) is 0.826. The van der Waals surface area contributed by atoms with Crippen molar-refractivity contribution >= 4 is 11.9 Å². The number of rotatable bonds is 3. The van der Waals surface area contributed by atoms with Crippen LogP contribution in [0.25, 0.3) is 0 Å². The Bertz CT molecular complexity index is 364. The van der Waals surface area contributed by atoms with E-state index in [0.29, 0.717) is 6.04 Å². The molecule has 1 aliphatic carbocycles. The molecule has 88 valence electrons. The lowest BCUT2D eigenvalue weighted by Crippen LogP contribution is -2.29. The van der Waals surface area contributed by atoms with E-state index in [2.05, 4.69) is 5.32 Å². The molecule has 0 bridgehead atoms. The van der Waals surface area contributed by atoms with Gasteiger partial charge in [0, 0.05) is 12.1 Å². The highest BCUT2D eigenvalue weighted by Crippen LogP contribution is 2.27. The highest BCUT2D eigenvalue weighted by atomic mass is 16.4. The molecule has 16 heavy (non-hydrogen) atoms. The van der Waals surface area contributed by atoms with Crippen molar-refractivity contribution in [1.82, 2.24) is 0 Å². The lowest BCUT2D eigenvalue weighted by atomic mass is 9.86. The molecule has 2 N–H and O–H groups in total. The molecule has 0 atom stereocenters. The lowest BCUT2D eigenvalue weighted by Gasteiger charge is -2.26. The Labute approximate surface area is 94.6 Å². The molecule has 0 amide bonds. The van der Waals surface area contributed by atoms with Crippen molar-refractivity contribution in [2.75, 3.05) is 5.32 Å². The third-order valence-corrected chi connectivity index (χ3v) is 3.16. The van der Waals surface area contributed by atoms with Crippen LogP contribution in [-0.2, 0) is 4.79 Å². The van der Waals surface area contributed by atoms with Gasteiger partial charge in [0.15, 0.2) is 5.88 Å². The third kappa shape index (κ3) is 2.56. The lowest BCUT2D eigenvalue weighted by molar-refractivity contribution is -0.142. The summed E-state index contributed by atoms with van der Waals surface area (Å²) in [5.74, 6) is 0.863. The van der Waals surface area contributed by atoms with Gasteiger partial charge in [0.2, 0.25) is 0 Å². The van der Waals surface area contributed by atoms with Gasteiger partial charge in [-0.1, -0.05) is 0 Å². The molecule has 1 aromatic heterocycles. The summed E-state index contributed by atoms with van der Waals surface area (Å²) in [4.78, 5) is 10.8. The molecule has 0 radical (unpaired) electrons. The Morgan fingerprint density at radius 1 is 1.38 bits per heavy atom. The second-order valence-electron chi connectivity index (χ2n) is 4.44. The molecule has 1 saturated carbocycles. The minimum Gasteiger partial charge on any atom is -0.481 e. The molecule has 0 aromatic carbocycles. The number of carboxylic acid groups (broad SMARTS) is 1. The largest absolute Gasteiger partial charge is 0.481 e. The second-order valence-corrected chi connectivity index (χ2v) is 4.44. The van der Waals surface area contributed by atoms with E-state index >= 15 is 0 Å². The van der Waals surface area contributed by atoms with E-state index in [4.69, 9.17) is 9.52 Å². The molecular weight excluding hydrogens is 206 g/mol. The molecule has 0 saturated heterocycles. The van der Waals surface area contributed by atoms with Crippen molar-refractivity contribution in [3.63, 3.8) is 0 Å². The van der Waals surface area contributed by atoms with Gasteiger partial charge in [0.05, 0.1) is 5.92 Å². The number of aryl methyl sites for hydroxylation is 1. The van der Waals surface area contributed by atoms with Crippen molar-refractivity contribution in [2.24, 2.45) is 5.92 Å². The molecule has 4 nitrogen and oxygen atoms in total. The average Bonchev–Trinajstić information content (AvgIpc) is 2.65. The Balaban J connectivity index is 1.83. The number of nitrogens with one attached hydrogen (secondary N) is 1. The maximum Gasteiger partial charge on any atom is 0.306 e. The van der Waals surface area contributed by atoms with Crippen molar-refractivity contribution in [1.29, 1.82) is 0 Å². The fourth-order valence-corrected chi connectivity index (χ4v) is 2.20. The van der Waals surface area contributed by atoms with Crippen LogP contribution >= 0.6 is 0 Å². The normalized spacial score (nSPS) is 25.3. The van der Waals surface area contributed by atoms with E-state index in [1.807, 2.05) is 19.1 Å². The van der Waals surface area contributed by atoms with E-state index in [1.165, 1.54) is 0 Å². The summed E-state index contributed by atoms with van der Waals surface area (Å²) in [6, 6.07) is 4.19. The highest BCUT2D eigenvalue weighted by Gasteiger charge is 2.26. The first-order chi connectivity index (χ1) is 7.65. The summed E-state index contributed by atoms with van der Waals surface area (Å²) in [5.41, 5.74) is 0. The Morgan fingerprint density at radius 2 is 2.06 bits per heavy atom. The molecule has 0 unspecified atom stereocenters. The summed E-state index contributed by atoms with van der Waals surface area (Å²) >= 11 is 0. The first-order valence-electron chi connectivity index (χ1n) is 5.71. The first kappa shape index (κ1) is 11.0. The zero-order chi connectivity index (χ0) is 11.5. The zero-order valence-corrected chi connectivity index (χ0v) is 9.40. The number of carboxylic acids is 1. The van der Waals surface area contributed by atoms with E-state index in [-0.39, 0.29) is 5.92 Å². The predicted molar refractivity (Wildman–Crippen MR) is 60.4 cm³/mol. The van der Waals surface area contributed by atoms with E-state index < -0.39 is 5.97 Å². The fraction of sp³-hybridized carbons (Fsp3) is 0.583. The van der Waals surface area contributed by atoms with Crippen LogP contribution in [-0.4, -0.2) is 17.1 Å². The highest BCUT2D eigenvalue weighted by molar-refractivity contribution is 5.70. The Hall–Kier alpha value is -1.45. The molecule has 1 fully saturated rings. The van der Waals surface area contributed by atoms with Crippen molar-refractivity contribution in [2.45, 2.75) is 38.6 Å². The van der Waals surface area contributed by atoms with Crippen LogP contribution in [0.5, 0.6) is 0 Å². The van der Waals surface area contributed by atoms with Crippen LogP contribution in [0.3, 0.4) is 0 Å². The maximum atomic E-state index is 10.8. The molecule has 1 heterocycles. The fourth-order valence-electron chi connectivity index (χ4n) is 2.20. The van der Waals surface area contributed by atoms with Crippen LogP contribution in [0.4, 0.5) is 5.88 Å². The first-order valence-corrected chi connectivity index (χ1v) is 5.71. The van der Waals surface area contributed by atoms with Crippen molar-refractivity contribution in [3.8, 4) is 0 Å². The molecule has 0 spiro atoms. The van der Waals surface area contributed by atoms with Gasteiger partial charge < -0.3 is 14.8 Å². The van der Waals surface area contributed by atoms with E-state index in [0.717, 1.165) is 37.3 Å². The van der Waals surface area contributed by atoms with E-state index in [1.54, 1.807) is 0 Å². The van der Waals surface area contributed by atoms with Gasteiger partial charge in [-0.3, -0.25) is 4.79 Å². The molecule has 1 aliphatic rings. The Morgan fingerprint density at radius 3 is 2.56 bits per heavy atom. The SMILES string of the molecule is Cc1ccc(NC2CCC(C(=O)O)CC2)o1. The number of carbonyl (C=O) groups is 1. The van der Waals surface area contributed by atoms with Gasteiger partial charge in [-0.05, 0) is 38.7 Å². The molecule has 1 aromatic rings. The van der Waals surface area contributed by atoms with Gasteiger partial charge in [0.25, 0.3) is 0 Å². The number of hydrogen-bond donors (Lipinski definition) is 2. The monoisotopic (exact) mass is 223 g/mol. The van der Waals surface area contributed by atoms with Gasteiger partial charge in [-0.25, -0.2) is 0 Å². The summed E-state index contributed by atoms with van der Waals surface area (Å²) in [7, 11) is 0. The number of anilines is 1. The van der Waals surface area contributed by atoms with Gasteiger partial charge in [-0.2, -0.15) is 0 Å². The average molecular weight is 223 g/mol. The minimum atomic E-state index is -0.660. The summed E-state index contributed by atoms with van der Waals surface area (Å²) in [6.07, 6.45) is 3.31. The van der Waals surface area contributed by atoms with Crippen LogP contribution in [0.1, 0.15) is 31.4 Å². The van der Waals surface area contributed by atoms with Crippen molar-refractivity contribution in [3.05, 3.63) is 17.9 Å². The summed E-state index contributed by atoms with van der Waals surface area (Å²) in [6.45, 7) is 1.91. The van der Waals surface area contributed by atoms with Crippen LogP contribution in [0.15, 0.2) is 16.5 Å². The molecule has 2 rings (SSSR count). The third-order valence-electron chi connectivity index (χ3n) is 3.16. The number of hydrogen-bond acceptors (Lipinski definition) is 3. The van der Waals surface area contributed by atoms with Gasteiger partial charge >= 0.3 is 5.97 Å². The predicted octanol–water partition coefficient (Wildman–Crippen LogP) is 2.64. The van der Waals surface area contributed by atoms with Gasteiger partial charge in [0.1, 0.15) is 5.76 Å². The zero-order valence-electron chi connectivity index (χ0n) is 9.40. The number of furan rings is 1. The van der Waals surface area contributed by atoms with Crippen LogP contribution in [0, 0.1) is 12.8 Å². The maximum absolute atomic E-state index is 10.8. The summed E-state index contributed by atoms with van der Waals surface area (Å²) in [5, 5.41) is 12.2. The second kappa shape index (κ2) is 4.60. The standard InChI is InChI=1S/C12H17NO3/c1-8-2-7-11(16-8)13-10-5-3-9(4-6-10)12(14)15/h2,7,9-10,13H,3-6H2,1H3,(H,14,15). The minimum absolute atomic E-state index is 0.156. The van der Waals surface area contributed by atoms with Crippen LogP contribution in [0.2, 0.25) is 0 Å². The molecule has 4 heteroatoms. The van der Waals surface area contributed by atoms with Crippen molar-refractivity contribution < 1.29 is 14.3 Å². The smallest absolute Gasteiger partial charge is 0.306 e. The Kier molecular flexibility index (Phi) is 3.17. The molecular formula is C12H17NO3. The van der Waals surface area contributed by atoms with Gasteiger partial charge in [-0.15, -0.1) is 0 Å². The van der Waals surface area contributed by atoms with Crippen LogP contribution < -0.4 is 5.32 Å². The summed E-state index contributed by atoms with van der Waals surface area (Å²) < 4.78 is 5.43.